The van der Waals surface area contributed by atoms with Gasteiger partial charge in [0.15, 0.2) is 0 Å². The van der Waals surface area contributed by atoms with Crippen LogP contribution in [0.25, 0.3) is 0 Å². The van der Waals surface area contributed by atoms with Crippen molar-refractivity contribution in [2.75, 3.05) is 11.9 Å². The van der Waals surface area contributed by atoms with Crippen LogP contribution in [0, 0.1) is 11.3 Å². The van der Waals surface area contributed by atoms with Crippen molar-refractivity contribution >= 4 is 5.69 Å². The van der Waals surface area contributed by atoms with E-state index in [4.69, 9.17) is 5.26 Å². The van der Waals surface area contributed by atoms with E-state index in [1.165, 1.54) is 0 Å². The second-order valence-electron chi connectivity index (χ2n) is 3.97. The summed E-state index contributed by atoms with van der Waals surface area (Å²) >= 11 is 0. The lowest BCUT2D eigenvalue weighted by atomic mass is 9.80. The van der Waals surface area contributed by atoms with Crippen LogP contribution in [0.4, 0.5) is 5.69 Å². The Labute approximate surface area is 88.6 Å². The number of aliphatic hydroxyl groups is 1. The second kappa shape index (κ2) is 3.87. The molecule has 0 aliphatic heterocycles. The molecule has 0 saturated heterocycles. The summed E-state index contributed by atoms with van der Waals surface area (Å²) < 4.78 is 0. The maximum absolute atomic E-state index is 9.85. The number of anilines is 1. The molecule has 1 aliphatic carbocycles. The van der Waals surface area contributed by atoms with Crippen molar-refractivity contribution in [3.63, 3.8) is 0 Å². The Morgan fingerprint density at radius 3 is 3.00 bits per heavy atom. The van der Waals surface area contributed by atoms with Crippen molar-refractivity contribution in [3.05, 3.63) is 24.0 Å². The monoisotopic (exact) mass is 203 g/mol. The molecule has 1 fully saturated rings. The molecule has 1 aliphatic rings. The molecule has 0 radical (unpaired) electrons. The van der Waals surface area contributed by atoms with Crippen LogP contribution in [0.1, 0.15) is 25.0 Å². The van der Waals surface area contributed by atoms with Gasteiger partial charge < -0.3 is 10.4 Å². The summed E-state index contributed by atoms with van der Waals surface area (Å²) in [5, 5.41) is 21.6. The van der Waals surface area contributed by atoms with E-state index in [2.05, 4.69) is 10.3 Å². The number of aromatic nitrogens is 1. The maximum Gasteiger partial charge on any atom is 0.142 e. The number of hydrogen-bond acceptors (Lipinski definition) is 4. The summed E-state index contributed by atoms with van der Waals surface area (Å²) in [4.78, 5) is 3.87. The highest BCUT2D eigenvalue weighted by atomic mass is 16.3. The van der Waals surface area contributed by atoms with Gasteiger partial charge in [-0.3, -0.25) is 0 Å². The first kappa shape index (κ1) is 9.94. The third kappa shape index (κ3) is 2.25. The molecule has 0 spiro atoms. The normalized spacial score (nSPS) is 17.6. The molecule has 0 amide bonds. The van der Waals surface area contributed by atoms with Crippen molar-refractivity contribution in [1.82, 2.24) is 4.98 Å². The molecule has 1 saturated carbocycles. The van der Waals surface area contributed by atoms with Crippen LogP contribution in [0.2, 0.25) is 0 Å². The Morgan fingerprint density at radius 1 is 1.60 bits per heavy atom. The fourth-order valence-corrected chi connectivity index (χ4v) is 1.63. The van der Waals surface area contributed by atoms with Gasteiger partial charge in [-0.15, -0.1) is 0 Å². The lowest BCUT2D eigenvalue weighted by Gasteiger charge is -2.36. The zero-order valence-electron chi connectivity index (χ0n) is 8.40. The third-order valence-corrected chi connectivity index (χ3v) is 2.78. The lowest BCUT2D eigenvalue weighted by molar-refractivity contribution is -0.0201. The van der Waals surface area contributed by atoms with Crippen molar-refractivity contribution in [2.24, 2.45) is 0 Å². The predicted octanol–water partition coefficient (Wildman–Crippen LogP) is 1.28. The fourth-order valence-electron chi connectivity index (χ4n) is 1.63. The highest BCUT2D eigenvalue weighted by molar-refractivity contribution is 5.46. The van der Waals surface area contributed by atoms with E-state index in [1.807, 2.05) is 6.07 Å². The minimum Gasteiger partial charge on any atom is -0.388 e. The molecule has 0 unspecified atom stereocenters. The first-order chi connectivity index (χ1) is 7.22. The summed E-state index contributed by atoms with van der Waals surface area (Å²) in [5.41, 5.74) is 0.679. The molecule has 0 atom stereocenters. The minimum atomic E-state index is -0.546. The third-order valence-electron chi connectivity index (χ3n) is 2.78. The van der Waals surface area contributed by atoms with Gasteiger partial charge in [0, 0.05) is 18.4 Å². The van der Waals surface area contributed by atoms with Crippen LogP contribution in [0.3, 0.4) is 0 Å². The topological polar surface area (TPSA) is 68.9 Å². The molecule has 1 aromatic rings. The van der Waals surface area contributed by atoms with Gasteiger partial charge in [0.25, 0.3) is 0 Å². The maximum atomic E-state index is 9.85. The zero-order chi connectivity index (χ0) is 10.7. The Kier molecular flexibility index (Phi) is 2.57. The first-order valence-corrected chi connectivity index (χ1v) is 5.04. The van der Waals surface area contributed by atoms with E-state index in [0.29, 0.717) is 12.2 Å². The Balaban J connectivity index is 1.96. The average molecular weight is 203 g/mol. The van der Waals surface area contributed by atoms with E-state index in [-0.39, 0.29) is 0 Å². The molecule has 2 rings (SSSR count). The van der Waals surface area contributed by atoms with E-state index in [1.54, 1.807) is 18.3 Å². The van der Waals surface area contributed by atoms with Gasteiger partial charge in [0.1, 0.15) is 11.8 Å². The molecule has 2 N–H and O–H groups in total. The standard InChI is InChI=1S/C11H13N3O/c12-7-10-6-9(2-5-13-10)14-8-11(15)3-1-4-11/h2,5-6,15H,1,3-4,8H2,(H,13,14). The summed E-state index contributed by atoms with van der Waals surface area (Å²) in [7, 11) is 0. The van der Waals surface area contributed by atoms with Gasteiger partial charge in [0.05, 0.1) is 5.60 Å². The van der Waals surface area contributed by atoms with Gasteiger partial charge in [-0.25, -0.2) is 4.98 Å². The van der Waals surface area contributed by atoms with E-state index >= 15 is 0 Å². The Bertz CT molecular complexity index is 393. The van der Waals surface area contributed by atoms with Crippen LogP contribution < -0.4 is 5.32 Å². The molecule has 0 bridgehead atoms. The minimum absolute atomic E-state index is 0.389. The van der Waals surface area contributed by atoms with Crippen LogP contribution in [0.5, 0.6) is 0 Å². The Morgan fingerprint density at radius 2 is 2.40 bits per heavy atom. The lowest BCUT2D eigenvalue weighted by Crippen LogP contribution is -2.43. The average Bonchev–Trinajstić information content (AvgIpc) is 2.24. The van der Waals surface area contributed by atoms with Crippen molar-refractivity contribution in [3.8, 4) is 6.07 Å². The van der Waals surface area contributed by atoms with Gasteiger partial charge in [-0.1, -0.05) is 0 Å². The van der Waals surface area contributed by atoms with E-state index < -0.39 is 5.60 Å². The van der Waals surface area contributed by atoms with Gasteiger partial charge in [-0.05, 0) is 31.4 Å². The zero-order valence-corrected chi connectivity index (χ0v) is 8.40. The molecular formula is C11H13N3O. The van der Waals surface area contributed by atoms with Crippen LogP contribution in [-0.2, 0) is 0 Å². The number of nitrogens with one attached hydrogen (secondary N) is 1. The van der Waals surface area contributed by atoms with Gasteiger partial charge in [-0.2, -0.15) is 5.26 Å². The molecule has 4 nitrogen and oxygen atoms in total. The smallest absolute Gasteiger partial charge is 0.142 e. The van der Waals surface area contributed by atoms with Crippen LogP contribution in [0.15, 0.2) is 18.3 Å². The van der Waals surface area contributed by atoms with Gasteiger partial charge in [0.2, 0.25) is 0 Å². The number of nitrogens with zero attached hydrogens (tertiary/aromatic N) is 2. The van der Waals surface area contributed by atoms with Crippen molar-refractivity contribution < 1.29 is 5.11 Å². The molecule has 0 aromatic carbocycles. The fraction of sp³-hybridized carbons (Fsp3) is 0.455. The number of rotatable bonds is 3. The highest BCUT2D eigenvalue weighted by Crippen LogP contribution is 2.31. The van der Waals surface area contributed by atoms with Crippen LogP contribution in [-0.4, -0.2) is 22.2 Å². The molecule has 78 valence electrons. The molecule has 1 aromatic heterocycles. The SMILES string of the molecule is N#Cc1cc(NCC2(O)CCC2)ccn1. The molecule has 4 heteroatoms. The van der Waals surface area contributed by atoms with E-state index in [9.17, 15) is 5.11 Å². The highest BCUT2D eigenvalue weighted by Gasteiger charge is 2.33. The number of nitriles is 1. The molecular weight excluding hydrogens is 190 g/mol. The summed E-state index contributed by atoms with van der Waals surface area (Å²) in [6, 6.07) is 5.46. The number of hydrogen-bond donors (Lipinski definition) is 2. The van der Waals surface area contributed by atoms with E-state index in [0.717, 1.165) is 24.9 Å². The Hall–Kier alpha value is -1.60. The predicted molar refractivity (Wildman–Crippen MR) is 56.2 cm³/mol. The summed E-state index contributed by atoms with van der Waals surface area (Å²) in [6.07, 6.45) is 4.40. The quantitative estimate of drug-likeness (QED) is 0.776. The largest absolute Gasteiger partial charge is 0.388 e. The van der Waals surface area contributed by atoms with Gasteiger partial charge >= 0.3 is 0 Å². The molecule has 1 heterocycles. The van der Waals surface area contributed by atoms with Crippen LogP contribution >= 0.6 is 0 Å². The number of pyridine rings is 1. The van der Waals surface area contributed by atoms with Crippen molar-refractivity contribution in [2.45, 2.75) is 24.9 Å². The van der Waals surface area contributed by atoms with Crippen molar-refractivity contribution in [1.29, 1.82) is 5.26 Å². The summed E-state index contributed by atoms with van der Waals surface area (Å²) in [6.45, 7) is 0.544. The molecule has 15 heavy (non-hydrogen) atoms. The first-order valence-electron chi connectivity index (χ1n) is 5.04. The summed E-state index contributed by atoms with van der Waals surface area (Å²) in [5.74, 6) is 0. The second-order valence-corrected chi connectivity index (χ2v) is 3.97.